The standard InChI is InChI=1S/C23H26FN3O2/c1-23(2,20-15-25-21-9-4-16(24)14-19(20)21)22(28)27-12-10-26(11-13-27)17-5-7-18(29-3)8-6-17/h4-9,14-15,25H,10-13H2,1-3H3. The van der Waals surface area contributed by atoms with E-state index >= 15 is 0 Å². The van der Waals surface area contributed by atoms with Crippen LogP contribution in [0.15, 0.2) is 48.7 Å². The largest absolute Gasteiger partial charge is 0.497 e. The first-order chi connectivity index (χ1) is 13.9. The van der Waals surface area contributed by atoms with Crippen LogP contribution in [0.3, 0.4) is 0 Å². The van der Waals surface area contributed by atoms with Crippen LogP contribution in [-0.2, 0) is 10.2 Å². The van der Waals surface area contributed by atoms with Crippen LogP contribution in [0.4, 0.5) is 10.1 Å². The summed E-state index contributed by atoms with van der Waals surface area (Å²) in [7, 11) is 1.66. The molecule has 1 N–H and O–H groups in total. The Bertz CT molecular complexity index is 1020. The normalized spacial score (nSPS) is 15.0. The summed E-state index contributed by atoms with van der Waals surface area (Å²) >= 11 is 0. The first kappa shape index (κ1) is 19.3. The van der Waals surface area contributed by atoms with E-state index in [2.05, 4.69) is 9.88 Å². The molecule has 6 heteroatoms. The van der Waals surface area contributed by atoms with E-state index in [0.29, 0.717) is 13.1 Å². The zero-order valence-corrected chi connectivity index (χ0v) is 17.0. The van der Waals surface area contributed by atoms with Crippen LogP contribution < -0.4 is 9.64 Å². The zero-order chi connectivity index (χ0) is 20.6. The van der Waals surface area contributed by atoms with E-state index in [1.165, 1.54) is 12.1 Å². The minimum Gasteiger partial charge on any atom is -0.497 e. The fourth-order valence-electron chi connectivity index (χ4n) is 4.08. The molecular formula is C23H26FN3O2. The predicted molar refractivity (Wildman–Crippen MR) is 113 cm³/mol. The lowest BCUT2D eigenvalue weighted by molar-refractivity contribution is -0.136. The molecule has 1 amide bonds. The van der Waals surface area contributed by atoms with Gasteiger partial charge in [-0.1, -0.05) is 0 Å². The summed E-state index contributed by atoms with van der Waals surface area (Å²) in [5.41, 5.74) is 2.05. The monoisotopic (exact) mass is 395 g/mol. The second-order valence-electron chi connectivity index (χ2n) is 7.99. The van der Waals surface area contributed by atoms with Gasteiger partial charge in [0.25, 0.3) is 0 Å². The van der Waals surface area contributed by atoms with Crippen molar-refractivity contribution in [2.45, 2.75) is 19.3 Å². The van der Waals surface area contributed by atoms with Crippen LogP contribution >= 0.6 is 0 Å². The van der Waals surface area contributed by atoms with Crippen molar-refractivity contribution in [3.63, 3.8) is 0 Å². The summed E-state index contributed by atoms with van der Waals surface area (Å²) in [6.07, 6.45) is 1.83. The lowest BCUT2D eigenvalue weighted by Gasteiger charge is -2.39. The number of hydrogen-bond acceptors (Lipinski definition) is 3. The second-order valence-corrected chi connectivity index (χ2v) is 7.99. The number of H-pyrrole nitrogens is 1. The van der Waals surface area contributed by atoms with Crippen molar-refractivity contribution in [2.75, 3.05) is 38.2 Å². The van der Waals surface area contributed by atoms with Gasteiger partial charge in [0, 0.05) is 49.0 Å². The van der Waals surface area contributed by atoms with Gasteiger partial charge in [-0.05, 0) is 61.9 Å². The van der Waals surface area contributed by atoms with Crippen molar-refractivity contribution in [3.8, 4) is 5.75 Å². The Morgan fingerprint density at radius 2 is 1.76 bits per heavy atom. The second kappa shape index (κ2) is 7.43. The number of aromatic nitrogens is 1. The van der Waals surface area contributed by atoms with Gasteiger partial charge in [0.2, 0.25) is 5.91 Å². The van der Waals surface area contributed by atoms with Gasteiger partial charge in [-0.15, -0.1) is 0 Å². The molecule has 0 atom stereocenters. The molecule has 0 aliphatic carbocycles. The molecule has 2 aromatic carbocycles. The number of fused-ring (bicyclic) bond motifs is 1. The molecule has 0 bridgehead atoms. The Balaban J connectivity index is 1.48. The van der Waals surface area contributed by atoms with E-state index in [0.717, 1.165) is 41.0 Å². The number of halogens is 1. The highest BCUT2D eigenvalue weighted by Crippen LogP contribution is 2.33. The predicted octanol–water partition coefficient (Wildman–Crippen LogP) is 3.94. The third-order valence-corrected chi connectivity index (χ3v) is 5.86. The first-order valence-corrected chi connectivity index (χ1v) is 9.85. The molecule has 2 heterocycles. The molecule has 0 unspecified atom stereocenters. The van der Waals surface area contributed by atoms with Crippen LogP contribution in [0.5, 0.6) is 5.75 Å². The zero-order valence-electron chi connectivity index (χ0n) is 17.0. The van der Waals surface area contributed by atoms with Gasteiger partial charge in [0.15, 0.2) is 0 Å². The van der Waals surface area contributed by atoms with Gasteiger partial charge >= 0.3 is 0 Å². The van der Waals surface area contributed by atoms with Gasteiger partial charge < -0.3 is 19.5 Å². The molecule has 1 aromatic heterocycles. The highest BCUT2D eigenvalue weighted by Gasteiger charge is 2.37. The smallest absolute Gasteiger partial charge is 0.232 e. The Morgan fingerprint density at radius 3 is 2.41 bits per heavy atom. The summed E-state index contributed by atoms with van der Waals surface area (Å²) in [6, 6.07) is 12.6. The van der Waals surface area contributed by atoms with Crippen molar-refractivity contribution in [1.29, 1.82) is 0 Å². The minimum absolute atomic E-state index is 0.0667. The van der Waals surface area contributed by atoms with E-state index in [9.17, 15) is 9.18 Å². The lowest BCUT2D eigenvalue weighted by Crippen LogP contribution is -2.53. The van der Waals surface area contributed by atoms with Crippen molar-refractivity contribution in [1.82, 2.24) is 9.88 Å². The maximum Gasteiger partial charge on any atom is 0.232 e. The van der Waals surface area contributed by atoms with Gasteiger partial charge in [-0.25, -0.2) is 4.39 Å². The van der Waals surface area contributed by atoms with Crippen molar-refractivity contribution >= 4 is 22.5 Å². The third kappa shape index (κ3) is 3.55. The number of carbonyl (C=O) groups excluding carboxylic acids is 1. The summed E-state index contributed by atoms with van der Waals surface area (Å²) in [5.74, 6) is 0.603. The molecular weight excluding hydrogens is 369 g/mol. The van der Waals surface area contributed by atoms with Gasteiger partial charge in [-0.3, -0.25) is 4.79 Å². The molecule has 152 valence electrons. The Hall–Kier alpha value is -3.02. The van der Waals surface area contributed by atoms with Crippen LogP contribution in [0.2, 0.25) is 0 Å². The first-order valence-electron chi connectivity index (χ1n) is 9.85. The quantitative estimate of drug-likeness (QED) is 0.728. The van der Waals surface area contributed by atoms with Crippen molar-refractivity contribution in [2.24, 2.45) is 0 Å². The molecule has 29 heavy (non-hydrogen) atoms. The number of aromatic amines is 1. The Morgan fingerprint density at radius 1 is 1.07 bits per heavy atom. The number of ether oxygens (including phenoxy) is 1. The fourth-order valence-corrected chi connectivity index (χ4v) is 4.08. The number of anilines is 1. The topological polar surface area (TPSA) is 48.6 Å². The third-order valence-electron chi connectivity index (χ3n) is 5.86. The van der Waals surface area contributed by atoms with Crippen LogP contribution in [0, 0.1) is 5.82 Å². The number of nitrogens with one attached hydrogen (secondary N) is 1. The number of amides is 1. The molecule has 0 radical (unpaired) electrons. The lowest BCUT2D eigenvalue weighted by atomic mass is 9.82. The van der Waals surface area contributed by atoms with Crippen LogP contribution in [0.25, 0.3) is 10.9 Å². The average Bonchev–Trinajstić information content (AvgIpc) is 3.17. The maximum absolute atomic E-state index is 13.8. The molecule has 0 spiro atoms. The van der Waals surface area contributed by atoms with E-state index in [1.807, 2.05) is 49.2 Å². The molecule has 0 saturated carbocycles. The number of nitrogens with zero attached hydrogens (tertiary/aromatic N) is 2. The summed E-state index contributed by atoms with van der Waals surface area (Å²) in [6.45, 7) is 6.70. The summed E-state index contributed by atoms with van der Waals surface area (Å²) < 4.78 is 19.0. The molecule has 1 aliphatic rings. The molecule has 1 aliphatic heterocycles. The van der Waals surface area contributed by atoms with Crippen LogP contribution in [0.1, 0.15) is 19.4 Å². The number of carbonyl (C=O) groups is 1. The molecule has 4 rings (SSSR count). The summed E-state index contributed by atoms with van der Waals surface area (Å²) in [5, 5.41) is 0.764. The average molecular weight is 395 g/mol. The van der Waals surface area contributed by atoms with Crippen molar-refractivity contribution in [3.05, 3.63) is 60.0 Å². The Labute approximate surface area is 170 Å². The van der Waals surface area contributed by atoms with Crippen LogP contribution in [-0.4, -0.2) is 49.1 Å². The SMILES string of the molecule is COc1ccc(N2CCN(C(=O)C(C)(C)c3c[nH]c4ccc(F)cc34)CC2)cc1. The molecule has 1 saturated heterocycles. The fraction of sp³-hybridized carbons (Fsp3) is 0.348. The van der Waals surface area contributed by atoms with Crippen molar-refractivity contribution < 1.29 is 13.9 Å². The van der Waals surface area contributed by atoms with E-state index in [1.54, 1.807) is 13.2 Å². The number of benzene rings is 2. The van der Waals surface area contributed by atoms with Gasteiger partial charge in [0.1, 0.15) is 11.6 Å². The number of piperazine rings is 1. The van der Waals surface area contributed by atoms with Gasteiger partial charge in [0.05, 0.1) is 12.5 Å². The Kier molecular flexibility index (Phi) is 4.94. The molecule has 3 aromatic rings. The molecule has 1 fully saturated rings. The van der Waals surface area contributed by atoms with E-state index < -0.39 is 5.41 Å². The summed E-state index contributed by atoms with van der Waals surface area (Å²) in [4.78, 5) is 20.7. The van der Waals surface area contributed by atoms with Gasteiger partial charge in [-0.2, -0.15) is 0 Å². The number of rotatable bonds is 4. The van der Waals surface area contributed by atoms with E-state index in [-0.39, 0.29) is 11.7 Å². The minimum atomic E-state index is -0.742. The highest BCUT2D eigenvalue weighted by atomic mass is 19.1. The van der Waals surface area contributed by atoms with E-state index in [4.69, 9.17) is 4.74 Å². The number of hydrogen-bond donors (Lipinski definition) is 1. The number of methoxy groups -OCH3 is 1. The maximum atomic E-state index is 13.8. The highest BCUT2D eigenvalue weighted by molar-refractivity contribution is 5.94. The molecule has 5 nitrogen and oxygen atoms in total.